The maximum Gasteiger partial charge on any atom is 0.286 e. The lowest BCUT2D eigenvalue weighted by Crippen LogP contribution is -2.81. The molecule has 18 heteroatoms. The first-order valence-corrected chi connectivity index (χ1v) is 21.5. The van der Waals surface area contributed by atoms with E-state index < -0.39 is 0 Å². The van der Waals surface area contributed by atoms with Gasteiger partial charge in [-0.2, -0.15) is 4.57 Å². The third kappa shape index (κ3) is 12.7. The minimum absolute atomic E-state index is 0.108. The van der Waals surface area contributed by atoms with Gasteiger partial charge in [0.05, 0.1) is 45.1 Å². The highest BCUT2D eigenvalue weighted by molar-refractivity contribution is 8.76. The number of hydrogen-bond donors (Lipinski definition) is 5. The predicted octanol–water partition coefficient (Wildman–Crippen LogP) is 6.56. The van der Waals surface area contributed by atoms with E-state index in [4.69, 9.17) is 30.4 Å². The Morgan fingerprint density at radius 2 is 1.31 bits per heavy atom. The Morgan fingerprint density at radius 1 is 0.754 bits per heavy atom. The molecule has 61 heavy (non-hydrogen) atoms. The van der Waals surface area contributed by atoms with Crippen molar-refractivity contribution in [3.8, 4) is 23.0 Å². The number of carbonyl (C=O) groups excluding carboxylic acids is 2. The summed E-state index contributed by atoms with van der Waals surface area (Å²) in [5.74, 6) is 2.90. The van der Waals surface area contributed by atoms with Crippen LogP contribution in [0.25, 0.3) is 16.6 Å². The topological polar surface area (TPSA) is 217 Å². The van der Waals surface area contributed by atoms with E-state index in [0.29, 0.717) is 81.7 Å². The fourth-order valence-electron chi connectivity index (χ4n) is 5.99. The van der Waals surface area contributed by atoms with Gasteiger partial charge in [-0.25, -0.2) is 0 Å². The van der Waals surface area contributed by atoms with Gasteiger partial charge in [-0.1, -0.05) is 58.5 Å². The number of nitrogens with zero attached hydrogens (tertiary/aromatic N) is 5. The van der Waals surface area contributed by atoms with Gasteiger partial charge >= 0.3 is 0 Å². The summed E-state index contributed by atoms with van der Waals surface area (Å²) in [7, 11) is 9.35. The minimum Gasteiger partial charge on any atom is -0.494 e. The standard InChI is InChI=1S/C43H48N10O6S2/c1-6-11-33(49-51-42-36(56-2)22-28(44)23-37(42)57-3)30-12-7-9-14-32(30)48-26-40(54)46-17-20-60-61-21-18-47-41(55)27-53-19-16-34(31-13-8-10-15-35(31)53)50-52-43-38(58-4)24-29(45)25-39(43)59-5/h6-16,19,22-25,45,48H,1,17-18,20-21,26-27H2,2-5H3,(H4,44,46,47,49,54,55)/p+2/b33-11+. The number of amides is 2. The van der Waals surface area contributed by atoms with E-state index in [-0.39, 0.29) is 24.9 Å². The zero-order valence-electron chi connectivity index (χ0n) is 34.4. The number of methoxy groups -OCH3 is 4. The molecule has 1 aromatic heterocycles. The van der Waals surface area contributed by atoms with Gasteiger partial charge in [0.1, 0.15) is 11.4 Å². The van der Waals surface area contributed by atoms with Crippen molar-refractivity contribution in [1.82, 2.24) is 10.6 Å². The summed E-state index contributed by atoms with van der Waals surface area (Å²) in [6.45, 7) is 5.13. The van der Waals surface area contributed by atoms with Crippen molar-refractivity contribution in [2.75, 3.05) is 71.0 Å². The molecule has 0 fully saturated rings. The Morgan fingerprint density at radius 3 is 1.92 bits per heavy atom. The highest BCUT2D eigenvalue weighted by atomic mass is 33.1. The number of rotatable bonds is 22. The predicted molar refractivity (Wildman–Crippen MR) is 243 cm³/mol. The summed E-state index contributed by atoms with van der Waals surface area (Å²) in [6.07, 6.45) is 5.17. The summed E-state index contributed by atoms with van der Waals surface area (Å²) < 4.78 is 23.7. The minimum atomic E-state index is -0.117. The fourth-order valence-corrected chi connectivity index (χ4v) is 7.81. The van der Waals surface area contributed by atoms with Gasteiger partial charge in [0.25, 0.3) is 11.8 Å². The number of ether oxygens (including phenoxy) is 4. The second kappa shape index (κ2) is 23.2. The van der Waals surface area contributed by atoms with Crippen LogP contribution in [0.15, 0.2) is 124 Å². The summed E-state index contributed by atoms with van der Waals surface area (Å²) in [6, 6.07) is 23.7. The third-order valence-electron chi connectivity index (χ3n) is 8.85. The molecule has 0 bridgehead atoms. The van der Waals surface area contributed by atoms with E-state index in [1.54, 1.807) is 58.0 Å². The average molecular weight is 867 g/mol. The number of anilines is 2. The van der Waals surface area contributed by atoms with E-state index in [1.165, 1.54) is 28.4 Å². The molecule has 0 aliphatic heterocycles. The Bertz CT molecular complexity index is 2380. The number of fused-ring (bicyclic) bond motifs is 1. The molecule has 0 unspecified atom stereocenters. The molecule has 0 radical (unpaired) electrons. The summed E-state index contributed by atoms with van der Waals surface area (Å²) in [4.78, 5) is 25.7. The fraction of sp³-hybridized carbons (Fsp3) is 0.233. The van der Waals surface area contributed by atoms with E-state index in [9.17, 15) is 9.59 Å². The van der Waals surface area contributed by atoms with Crippen LogP contribution in [0.5, 0.6) is 23.0 Å². The van der Waals surface area contributed by atoms with Crippen molar-refractivity contribution in [2.24, 2.45) is 20.5 Å². The van der Waals surface area contributed by atoms with Crippen LogP contribution in [-0.4, -0.2) is 71.4 Å². The molecule has 0 saturated heterocycles. The number of nitrogens with two attached hydrogens (primary N) is 3. The zero-order chi connectivity index (χ0) is 43.6. The molecule has 5 aromatic rings. The summed E-state index contributed by atoms with van der Waals surface area (Å²) >= 11 is 0. The summed E-state index contributed by atoms with van der Waals surface area (Å²) in [5, 5.41) is 26.5. The van der Waals surface area contributed by atoms with E-state index >= 15 is 0 Å². The molecule has 8 N–H and O–H groups in total. The monoisotopic (exact) mass is 866 g/mol. The Balaban J connectivity index is 1.04. The number of allylic oxidation sites excluding steroid dienone is 2. The molecule has 0 aliphatic rings. The van der Waals surface area contributed by atoms with Crippen LogP contribution < -0.4 is 50.9 Å². The van der Waals surface area contributed by atoms with Crippen molar-refractivity contribution in [3.05, 3.63) is 109 Å². The highest BCUT2D eigenvalue weighted by Gasteiger charge is 2.18. The first-order chi connectivity index (χ1) is 29.7. The number of pyridine rings is 1. The molecule has 16 nitrogen and oxygen atoms in total. The highest BCUT2D eigenvalue weighted by Crippen LogP contribution is 2.42. The van der Waals surface area contributed by atoms with Crippen LogP contribution in [0, 0.1) is 0 Å². The van der Waals surface area contributed by atoms with Crippen LogP contribution in [-0.2, 0) is 16.1 Å². The second-order valence-corrected chi connectivity index (χ2v) is 15.6. The van der Waals surface area contributed by atoms with Crippen LogP contribution in [0.1, 0.15) is 5.56 Å². The van der Waals surface area contributed by atoms with Crippen molar-refractivity contribution in [2.45, 2.75) is 6.54 Å². The number of nitrogens with one attached hydrogen (secondary N) is 2. The van der Waals surface area contributed by atoms with Crippen molar-refractivity contribution in [3.63, 3.8) is 0 Å². The lowest BCUT2D eigenvalue weighted by atomic mass is 10.1. The SMILES string of the molecule is C=C/C=C(/N=Nc1c(OC)cc(N)cc1OC)c1ccccc1[NH2+]CC(=O)NCCSSCCNC(=O)C[n+]1ccc(N=Nc2c(OC)cc(N)cc2OC)c2ccccc21. The van der Waals surface area contributed by atoms with Gasteiger partial charge in [0.15, 0.2) is 47.1 Å². The maximum absolute atomic E-state index is 12.9. The number of para-hydroxylation sites is 2. The van der Waals surface area contributed by atoms with Crippen LogP contribution in [0.4, 0.5) is 34.1 Å². The number of carbonyl (C=O) groups is 2. The molecule has 5 rings (SSSR count). The molecule has 0 aliphatic carbocycles. The van der Waals surface area contributed by atoms with Gasteiger partial charge in [-0.15, -0.1) is 20.5 Å². The van der Waals surface area contributed by atoms with E-state index in [2.05, 4.69) is 37.7 Å². The Kier molecular flexibility index (Phi) is 17.3. The van der Waals surface area contributed by atoms with Gasteiger partial charge in [-0.05, 0) is 24.3 Å². The zero-order valence-corrected chi connectivity index (χ0v) is 36.1. The Labute approximate surface area is 362 Å². The lowest BCUT2D eigenvalue weighted by Gasteiger charge is -2.11. The number of hydrogen-bond acceptors (Lipinski definition) is 14. The quantitative estimate of drug-likeness (QED) is 0.0126. The first-order valence-electron chi connectivity index (χ1n) is 19.0. The number of azo groups is 2. The summed E-state index contributed by atoms with van der Waals surface area (Å²) in [5.41, 5.74) is 17.3. The average Bonchev–Trinajstić information content (AvgIpc) is 3.27. The number of nitrogen functional groups attached to an aromatic ring is 2. The number of benzene rings is 4. The van der Waals surface area contributed by atoms with Gasteiger partial charge < -0.3 is 46.4 Å². The Hall–Kier alpha value is -6.63. The van der Waals surface area contributed by atoms with E-state index in [1.807, 2.05) is 70.7 Å². The van der Waals surface area contributed by atoms with Crippen LogP contribution >= 0.6 is 21.6 Å². The number of aromatic nitrogens is 1. The molecule has 0 spiro atoms. The normalized spacial score (nSPS) is 11.5. The lowest BCUT2D eigenvalue weighted by molar-refractivity contribution is -0.658. The van der Waals surface area contributed by atoms with E-state index in [0.717, 1.165) is 22.2 Å². The molecular formula is C43H50N10O6S2+2. The van der Waals surface area contributed by atoms with Crippen molar-refractivity contribution in [1.29, 1.82) is 0 Å². The van der Waals surface area contributed by atoms with Crippen LogP contribution in [0.2, 0.25) is 0 Å². The van der Waals surface area contributed by atoms with Crippen LogP contribution in [0.3, 0.4) is 0 Å². The smallest absolute Gasteiger partial charge is 0.286 e. The maximum atomic E-state index is 12.9. The van der Waals surface area contributed by atoms with Gasteiger partial charge in [-0.3, -0.25) is 9.59 Å². The molecule has 1 heterocycles. The molecular weight excluding hydrogens is 817 g/mol. The molecule has 318 valence electrons. The van der Waals surface area contributed by atoms with Crippen molar-refractivity contribution < 1.29 is 38.4 Å². The first kappa shape index (κ1) is 45.5. The van der Waals surface area contributed by atoms with Gasteiger partial charge in [0.2, 0.25) is 12.1 Å². The molecule has 0 saturated carbocycles. The third-order valence-corrected chi connectivity index (χ3v) is 11.3. The largest absolute Gasteiger partial charge is 0.494 e. The second-order valence-electron chi connectivity index (χ2n) is 12.9. The van der Waals surface area contributed by atoms with Crippen molar-refractivity contribution >= 4 is 84.1 Å². The molecule has 4 aromatic carbocycles. The molecule has 2 amide bonds. The number of quaternary nitrogens is 1. The molecule has 0 atom stereocenters. The van der Waals surface area contributed by atoms with Gasteiger partial charge in [0, 0.05) is 72.4 Å².